The summed E-state index contributed by atoms with van der Waals surface area (Å²) in [6.07, 6.45) is 3.13. The van der Waals surface area contributed by atoms with Gasteiger partial charge in [-0.2, -0.15) is 5.26 Å². The lowest BCUT2D eigenvalue weighted by Crippen LogP contribution is -1.97. The van der Waals surface area contributed by atoms with Gasteiger partial charge < -0.3 is 5.32 Å². The minimum absolute atomic E-state index is 0.614. The summed E-state index contributed by atoms with van der Waals surface area (Å²) in [4.78, 5) is 8.01. The van der Waals surface area contributed by atoms with Gasteiger partial charge in [-0.05, 0) is 40.5 Å². The number of aromatic nitrogens is 2. The molecule has 5 heteroatoms. The summed E-state index contributed by atoms with van der Waals surface area (Å²) in [6, 6.07) is 7.59. The number of aryl methyl sites for hydroxylation is 1. The SMILES string of the molecule is Cc1ccc(C#N)cc1Nc1ncncc1Br. The number of nitriles is 1. The second-order valence-corrected chi connectivity index (χ2v) is 4.34. The van der Waals surface area contributed by atoms with Crippen LogP contribution >= 0.6 is 15.9 Å². The standard InChI is InChI=1S/C12H9BrN4/c1-8-2-3-9(5-14)4-11(8)17-12-10(13)6-15-7-16-12/h2-4,6-7H,1H3,(H,15,16,17). The summed E-state index contributed by atoms with van der Waals surface area (Å²) in [5, 5.41) is 12.0. The number of nitrogens with zero attached hydrogens (tertiary/aromatic N) is 3. The number of rotatable bonds is 2. The molecule has 1 aromatic heterocycles. The molecule has 2 aromatic rings. The van der Waals surface area contributed by atoms with Crippen molar-refractivity contribution in [1.29, 1.82) is 5.26 Å². The van der Waals surface area contributed by atoms with Crippen LogP contribution in [0.1, 0.15) is 11.1 Å². The smallest absolute Gasteiger partial charge is 0.148 e. The van der Waals surface area contributed by atoms with Crippen LogP contribution in [0.15, 0.2) is 35.2 Å². The predicted octanol–water partition coefficient (Wildman–Crippen LogP) is 3.16. The van der Waals surface area contributed by atoms with Gasteiger partial charge in [0.05, 0.1) is 16.1 Å². The topological polar surface area (TPSA) is 61.6 Å². The van der Waals surface area contributed by atoms with E-state index in [9.17, 15) is 0 Å². The van der Waals surface area contributed by atoms with Crippen molar-refractivity contribution in [2.75, 3.05) is 5.32 Å². The Bertz CT molecular complexity index is 589. The maximum Gasteiger partial charge on any atom is 0.148 e. The number of anilines is 2. The molecule has 1 aromatic carbocycles. The van der Waals surface area contributed by atoms with Gasteiger partial charge in [0, 0.05) is 11.9 Å². The molecular weight excluding hydrogens is 280 g/mol. The Morgan fingerprint density at radius 2 is 2.24 bits per heavy atom. The molecule has 0 aliphatic rings. The number of halogens is 1. The average Bonchev–Trinajstić information content (AvgIpc) is 2.35. The van der Waals surface area contributed by atoms with Crippen LogP contribution in [0.5, 0.6) is 0 Å². The third kappa shape index (κ3) is 2.60. The van der Waals surface area contributed by atoms with Crippen molar-refractivity contribution < 1.29 is 0 Å². The molecule has 0 amide bonds. The highest BCUT2D eigenvalue weighted by Crippen LogP contribution is 2.25. The number of hydrogen-bond acceptors (Lipinski definition) is 4. The van der Waals surface area contributed by atoms with Gasteiger partial charge in [-0.15, -0.1) is 0 Å². The molecule has 0 aliphatic carbocycles. The first-order chi connectivity index (χ1) is 8.20. The first kappa shape index (κ1) is 11.6. The lowest BCUT2D eigenvalue weighted by atomic mass is 10.1. The molecule has 0 saturated carbocycles. The van der Waals surface area contributed by atoms with Crippen molar-refractivity contribution in [3.05, 3.63) is 46.3 Å². The Morgan fingerprint density at radius 1 is 1.41 bits per heavy atom. The molecule has 1 N–H and O–H groups in total. The van der Waals surface area contributed by atoms with Crippen LogP contribution in [0.25, 0.3) is 0 Å². The molecule has 0 unspecified atom stereocenters. The highest BCUT2D eigenvalue weighted by atomic mass is 79.9. The van der Waals surface area contributed by atoms with Crippen molar-refractivity contribution in [2.24, 2.45) is 0 Å². The van der Waals surface area contributed by atoms with E-state index in [2.05, 4.69) is 37.3 Å². The first-order valence-electron chi connectivity index (χ1n) is 4.94. The predicted molar refractivity (Wildman–Crippen MR) is 68.9 cm³/mol. The van der Waals surface area contributed by atoms with Gasteiger partial charge in [-0.1, -0.05) is 6.07 Å². The molecule has 0 fully saturated rings. The van der Waals surface area contributed by atoms with E-state index >= 15 is 0 Å². The van der Waals surface area contributed by atoms with Gasteiger partial charge in [0.25, 0.3) is 0 Å². The van der Waals surface area contributed by atoms with Crippen LogP contribution < -0.4 is 5.32 Å². The normalized spacial score (nSPS) is 9.71. The van der Waals surface area contributed by atoms with E-state index in [0.29, 0.717) is 11.4 Å². The summed E-state index contributed by atoms with van der Waals surface area (Å²) < 4.78 is 0.779. The molecule has 0 spiro atoms. The van der Waals surface area contributed by atoms with Crippen LogP contribution in [-0.4, -0.2) is 9.97 Å². The Balaban J connectivity index is 2.37. The van der Waals surface area contributed by atoms with Crippen LogP contribution in [0.3, 0.4) is 0 Å². The zero-order valence-electron chi connectivity index (χ0n) is 9.11. The van der Waals surface area contributed by atoms with Crippen molar-refractivity contribution in [3.8, 4) is 6.07 Å². The lowest BCUT2D eigenvalue weighted by Gasteiger charge is -2.09. The Hall–Kier alpha value is -1.93. The van der Waals surface area contributed by atoms with E-state index in [0.717, 1.165) is 15.7 Å². The summed E-state index contributed by atoms with van der Waals surface area (Å²) in [7, 11) is 0. The number of nitrogens with one attached hydrogen (secondary N) is 1. The summed E-state index contributed by atoms with van der Waals surface area (Å²) in [5.74, 6) is 0.679. The molecule has 84 valence electrons. The van der Waals surface area contributed by atoms with Crippen molar-refractivity contribution in [3.63, 3.8) is 0 Å². The van der Waals surface area contributed by atoms with E-state index in [-0.39, 0.29) is 0 Å². The first-order valence-corrected chi connectivity index (χ1v) is 5.73. The molecular formula is C12H9BrN4. The second kappa shape index (κ2) is 4.93. The van der Waals surface area contributed by atoms with Gasteiger partial charge in [0.1, 0.15) is 12.1 Å². The lowest BCUT2D eigenvalue weighted by molar-refractivity contribution is 1.15. The fourth-order valence-corrected chi connectivity index (χ4v) is 1.68. The molecule has 0 atom stereocenters. The molecule has 0 saturated heterocycles. The van der Waals surface area contributed by atoms with Gasteiger partial charge in [0.2, 0.25) is 0 Å². The number of hydrogen-bond donors (Lipinski definition) is 1. The Labute approximate surface area is 107 Å². The quantitative estimate of drug-likeness (QED) is 0.922. The van der Waals surface area contributed by atoms with E-state index < -0.39 is 0 Å². The molecule has 1 heterocycles. The van der Waals surface area contributed by atoms with E-state index in [1.54, 1.807) is 18.3 Å². The van der Waals surface area contributed by atoms with Gasteiger partial charge in [-0.3, -0.25) is 0 Å². The van der Waals surface area contributed by atoms with Gasteiger partial charge in [0.15, 0.2) is 0 Å². The van der Waals surface area contributed by atoms with E-state index in [1.807, 2.05) is 13.0 Å². The fraction of sp³-hybridized carbons (Fsp3) is 0.0833. The van der Waals surface area contributed by atoms with Crippen molar-refractivity contribution >= 4 is 27.4 Å². The second-order valence-electron chi connectivity index (χ2n) is 3.49. The third-order valence-corrected chi connectivity index (χ3v) is 2.87. The Morgan fingerprint density at radius 3 is 2.94 bits per heavy atom. The molecule has 0 bridgehead atoms. The molecule has 17 heavy (non-hydrogen) atoms. The zero-order valence-corrected chi connectivity index (χ0v) is 10.7. The fourth-order valence-electron chi connectivity index (χ4n) is 1.36. The largest absolute Gasteiger partial charge is 0.339 e. The van der Waals surface area contributed by atoms with Gasteiger partial charge in [-0.25, -0.2) is 9.97 Å². The van der Waals surface area contributed by atoms with Gasteiger partial charge >= 0.3 is 0 Å². The highest BCUT2D eigenvalue weighted by molar-refractivity contribution is 9.10. The monoisotopic (exact) mass is 288 g/mol. The maximum atomic E-state index is 8.86. The zero-order chi connectivity index (χ0) is 12.3. The van der Waals surface area contributed by atoms with Crippen LogP contribution in [0.4, 0.5) is 11.5 Å². The van der Waals surface area contributed by atoms with Crippen molar-refractivity contribution in [2.45, 2.75) is 6.92 Å². The summed E-state index contributed by atoms with van der Waals surface area (Å²) in [6.45, 7) is 1.97. The van der Waals surface area contributed by atoms with Crippen LogP contribution in [-0.2, 0) is 0 Å². The minimum Gasteiger partial charge on any atom is -0.339 e. The molecule has 2 rings (SSSR count). The van der Waals surface area contributed by atoms with Crippen LogP contribution in [0, 0.1) is 18.3 Å². The van der Waals surface area contributed by atoms with E-state index in [1.165, 1.54) is 6.33 Å². The summed E-state index contributed by atoms with van der Waals surface area (Å²) >= 11 is 3.36. The van der Waals surface area contributed by atoms with Crippen LogP contribution in [0.2, 0.25) is 0 Å². The summed E-state index contributed by atoms with van der Waals surface area (Å²) in [5.41, 5.74) is 2.53. The Kier molecular flexibility index (Phi) is 3.35. The highest BCUT2D eigenvalue weighted by Gasteiger charge is 2.04. The minimum atomic E-state index is 0.614. The third-order valence-electron chi connectivity index (χ3n) is 2.29. The van der Waals surface area contributed by atoms with Crippen molar-refractivity contribution in [1.82, 2.24) is 9.97 Å². The molecule has 0 radical (unpaired) electrons. The van der Waals surface area contributed by atoms with E-state index in [4.69, 9.17) is 5.26 Å². The average molecular weight is 289 g/mol. The molecule has 4 nitrogen and oxygen atoms in total. The number of benzene rings is 1. The maximum absolute atomic E-state index is 8.86. The molecule has 0 aliphatic heterocycles.